The average Bonchev–Trinajstić information content (AvgIpc) is 2.71. The lowest BCUT2D eigenvalue weighted by atomic mass is 10.1. The molecule has 0 spiro atoms. The molecular formula is C14H19IN2O3. The van der Waals surface area contributed by atoms with Gasteiger partial charge in [-0.25, -0.2) is 4.79 Å². The molecule has 2 rings (SSSR count). The fraction of sp³-hybridized carbons (Fsp3) is 0.500. The number of fused-ring (bicyclic) bond motifs is 1. The van der Waals surface area contributed by atoms with E-state index in [2.05, 4.69) is 22.6 Å². The van der Waals surface area contributed by atoms with Crippen LogP contribution in [-0.4, -0.2) is 23.7 Å². The second-order valence-electron chi connectivity index (χ2n) is 5.79. The van der Waals surface area contributed by atoms with E-state index in [1.165, 1.54) is 0 Å². The lowest BCUT2D eigenvalue weighted by molar-refractivity contribution is 0.0241. The van der Waals surface area contributed by atoms with Crippen LogP contribution in [0.15, 0.2) is 6.07 Å². The number of amides is 1. The number of nitrogens with zero attached hydrogens (tertiary/aromatic N) is 1. The molecule has 1 aromatic carbocycles. The molecule has 1 amide bonds. The molecule has 1 heterocycles. The van der Waals surface area contributed by atoms with Crippen molar-refractivity contribution >= 4 is 34.4 Å². The number of ether oxygens (including phenoxy) is 2. The minimum Gasteiger partial charge on any atom is -0.493 e. The summed E-state index contributed by atoms with van der Waals surface area (Å²) in [6.07, 6.45) is -0.304. The van der Waals surface area contributed by atoms with E-state index in [0.717, 1.165) is 14.7 Å². The van der Waals surface area contributed by atoms with Gasteiger partial charge in [0.05, 0.1) is 22.9 Å². The van der Waals surface area contributed by atoms with Crippen molar-refractivity contribution in [3.05, 3.63) is 20.8 Å². The zero-order valence-corrected chi connectivity index (χ0v) is 14.3. The van der Waals surface area contributed by atoms with E-state index in [0.29, 0.717) is 24.5 Å². The number of benzene rings is 1. The summed E-state index contributed by atoms with van der Waals surface area (Å²) in [5.74, 6) is 0.676. The predicted molar refractivity (Wildman–Crippen MR) is 85.6 cm³/mol. The van der Waals surface area contributed by atoms with Gasteiger partial charge in [-0.05, 0) is 60.6 Å². The summed E-state index contributed by atoms with van der Waals surface area (Å²) in [5.41, 5.74) is 8.21. The van der Waals surface area contributed by atoms with Crippen molar-refractivity contribution in [2.24, 2.45) is 0 Å². The van der Waals surface area contributed by atoms with Gasteiger partial charge in [0.1, 0.15) is 5.60 Å². The Morgan fingerprint density at radius 3 is 2.60 bits per heavy atom. The molecule has 1 aliphatic rings. The Morgan fingerprint density at radius 2 is 2.05 bits per heavy atom. The Morgan fingerprint density at radius 1 is 1.40 bits per heavy atom. The van der Waals surface area contributed by atoms with Crippen molar-refractivity contribution in [1.29, 1.82) is 0 Å². The summed E-state index contributed by atoms with van der Waals surface area (Å²) < 4.78 is 11.7. The fourth-order valence-corrected chi connectivity index (χ4v) is 3.22. The molecule has 1 aliphatic heterocycles. The molecule has 5 nitrogen and oxygen atoms in total. The van der Waals surface area contributed by atoms with Crippen LogP contribution in [0.5, 0.6) is 5.75 Å². The minimum atomic E-state index is -0.490. The third-order valence-electron chi connectivity index (χ3n) is 3.01. The van der Waals surface area contributed by atoms with Gasteiger partial charge in [-0.2, -0.15) is 0 Å². The van der Waals surface area contributed by atoms with Crippen LogP contribution in [0.2, 0.25) is 0 Å². The van der Waals surface area contributed by atoms with E-state index < -0.39 is 5.60 Å². The molecule has 2 N–H and O–H groups in total. The normalized spacial score (nSPS) is 14.2. The van der Waals surface area contributed by atoms with Gasteiger partial charge in [-0.1, -0.05) is 0 Å². The number of methoxy groups -OCH3 is 1. The Hall–Kier alpha value is -1.18. The lowest BCUT2D eigenvalue weighted by Crippen LogP contribution is -2.33. The number of nitrogens with two attached hydrogens (primary N) is 1. The molecule has 0 unspecified atom stereocenters. The SMILES string of the molecule is COc1c(N)cc2c(c1I)CN(C(=O)OC(C)(C)C)C2. The Labute approximate surface area is 132 Å². The molecule has 0 aliphatic carbocycles. The Balaban J connectivity index is 2.24. The van der Waals surface area contributed by atoms with Gasteiger partial charge in [-0.3, -0.25) is 4.90 Å². The summed E-state index contributed by atoms with van der Waals surface area (Å²) in [7, 11) is 1.60. The first-order chi connectivity index (χ1) is 9.23. The van der Waals surface area contributed by atoms with Gasteiger partial charge in [0.15, 0.2) is 5.75 Å². The number of anilines is 1. The summed E-state index contributed by atoms with van der Waals surface area (Å²) >= 11 is 2.21. The molecule has 110 valence electrons. The van der Waals surface area contributed by atoms with Crippen molar-refractivity contribution in [1.82, 2.24) is 4.90 Å². The summed E-state index contributed by atoms with van der Waals surface area (Å²) in [5, 5.41) is 0. The van der Waals surface area contributed by atoms with E-state index >= 15 is 0 Å². The zero-order chi connectivity index (χ0) is 15.1. The Kier molecular flexibility index (Phi) is 4.04. The van der Waals surface area contributed by atoms with E-state index in [-0.39, 0.29) is 6.09 Å². The van der Waals surface area contributed by atoms with E-state index in [4.69, 9.17) is 15.2 Å². The van der Waals surface area contributed by atoms with Crippen LogP contribution < -0.4 is 10.5 Å². The molecule has 0 fully saturated rings. The van der Waals surface area contributed by atoms with Gasteiger partial charge in [0, 0.05) is 6.54 Å². The number of hydrogen-bond acceptors (Lipinski definition) is 4. The lowest BCUT2D eigenvalue weighted by Gasteiger charge is -2.24. The van der Waals surface area contributed by atoms with E-state index in [9.17, 15) is 4.79 Å². The molecule has 6 heteroatoms. The molecule has 0 bridgehead atoms. The maximum atomic E-state index is 12.1. The van der Waals surface area contributed by atoms with Gasteiger partial charge in [-0.15, -0.1) is 0 Å². The van der Waals surface area contributed by atoms with Gasteiger partial charge >= 0.3 is 6.09 Å². The first kappa shape index (κ1) is 15.2. The number of halogens is 1. The number of nitrogen functional groups attached to an aromatic ring is 1. The predicted octanol–water partition coefficient (Wildman–Crippen LogP) is 3.13. The number of hydrogen-bond donors (Lipinski definition) is 1. The Bertz CT molecular complexity index is 552. The molecule has 0 saturated carbocycles. The van der Waals surface area contributed by atoms with Crippen molar-refractivity contribution in [2.45, 2.75) is 39.5 Å². The van der Waals surface area contributed by atoms with Gasteiger partial charge < -0.3 is 15.2 Å². The highest BCUT2D eigenvalue weighted by Gasteiger charge is 2.30. The minimum absolute atomic E-state index is 0.304. The van der Waals surface area contributed by atoms with Crippen LogP contribution in [-0.2, 0) is 17.8 Å². The van der Waals surface area contributed by atoms with E-state index in [1.807, 2.05) is 26.8 Å². The van der Waals surface area contributed by atoms with Gasteiger partial charge in [0.25, 0.3) is 0 Å². The number of carbonyl (C=O) groups is 1. The van der Waals surface area contributed by atoms with Crippen molar-refractivity contribution in [3.63, 3.8) is 0 Å². The molecular weight excluding hydrogens is 371 g/mol. The number of rotatable bonds is 1. The highest BCUT2D eigenvalue weighted by atomic mass is 127. The number of carbonyl (C=O) groups excluding carboxylic acids is 1. The highest BCUT2D eigenvalue weighted by Crippen LogP contribution is 2.38. The summed E-state index contributed by atoms with van der Waals surface area (Å²) in [4.78, 5) is 13.8. The maximum absolute atomic E-state index is 12.1. The largest absolute Gasteiger partial charge is 0.493 e. The average molecular weight is 390 g/mol. The third kappa shape index (κ3) is 2.94. The molecule has 0 atom stereocenters. The topological polar surface area (TPSA) is 64.8 Å². The fourth-order valence-electron chi connectivity index (χ4n) is 2.17. The van der Waals surface area contributed by atoms with Crippen LogP contribution in [0.25, 0.3) is 0 Å². The molecule has 1 aromatic rings. The first-order valence-corrected chi connectivity index (χ1v) is 7.42. The standard InChI is InChI=1S/C14H19IN2O3/c1-14(2,3)20-13(18)17-6-8-5-10(16)12(19-4)11(15)9(8)7-17/h5H,6-7,16H2,1-4H3. The molecule has 20 heavy (non-hydrogen) atoms. The smallest absolute Gasteiger partial charge is 0.410 e. The molecule has 0 saturated heterocycles. The quantitative estimate of drug-likeness (QED) is 0.591. The zero-order valence-electron chi connectivity index (χ0n) is 12.1. The van der Waals surface area contributed by atoms with Crippen LogP contribution in [0, 0.1) is 3.57 Å². The monoisotopic (exact) mass is 390 g/mol. The summed E-state index contributed by atoms with van der Waals surface area (Å²) in [6.45, 7) is 6.63. The van der Waals surface area contributed by atoms with Gasteiger partial charge in [0.2, 0.25) is 0 Å². The van der Waals surface area contributed by atoms with Crippen molar-refractivity contribution in [3.8, 4) is 5.75 Å². The van der Waals surface area contributed by atoms with Crippen LogP contribution in [0.1, 0.15) is 31.9 Å². The molecule has 0 aromatic heterocycles. The summed E-state index contributed by atoms with van der Waals surface area (Å²) in [6, 6.07) is 1.88. The third-order valence-corrected chi connectivity index (χ3v) is 4.15. The molecule has 0 radical (unpaired) electrons. The van der Waals surface area contributed by atoms with Crippen molar-refractivity contribution < 1.29 is 14.3 Å². The highest BCUT2D eigenvalue weighted by molar-refractivity contribution is 14.1. The first-order valence-electron chi connectivity index (χ1n) is 6.34. The van der Waals surface area contributed by atoms with Crippen LogP contribution in [0.3, 0.4) is 0 Å². The van der Waals surface area contributed by atoms with E-state index in [1.54, 1.807) is 12.0 Å². The van der Waals surface area contributed by atoms with Crippen molar-refractivity contribution in [2.75, 3.05) is 12.8 Å². The second-order valence-corrected chi connectivity index (χ2v) is 6.87. The second kappa shape index (κ2) is 5.31. The van der Waals surface area contributed by atoms with Crippen LogP contribution >= 0.6 is 22.6 Å². The maximum Gasteiger partial charge on any atom is 0.410 e. The van der Waals surface area contributed by atoms with Crippen LogP contribution in [0.4, 0.5) is 10.5 Å².